The standard InChI is InChI=1S/C23H20N2O5/c1-4-25-22(27)17-8-6-5-7-16(17)21(24-25)23(28)29-12-15-11-20(26)30-19-10-14(3)13(2)9-18(15)19/h5-11H,4,12H2,1-3H3. The summed E-state index contributed by atoms with van der Waals surface area (Å²) in [7, 11) is 0. The van der Waals surface area contributed by atoms with Gasteiger partial charge in [0.25, 0.3) is 5.56 Å². The topological polar surface area (TPSA) is 91.4 Å². The Hall–Kier alpha value is -3.74. The lowest BCUT2D eigenvalue weighted by atomic mass is 10.0. The molecule has 0 radical (unpaired) electrons. The van der Waals surface area contributed by atoms with E-state index in [0.29, 0.717) is 33.8 Å². The molecule has 0 amide bonds. The minimum absolute atomic E-state index is 0.0614. The normalized spacial score (nSPS) is 11.2. The second kappa shape index (κ2) is 7.59. The van der Waals surface area contributed by atoms with E-state index in [0.717, 1.165) is 11.1 Å². The number of esters is 1. The molecule has 2 aromatic carbocycles. The maximum atomic E-state index is 12.9. The number of rotatable bonds is 4. The van der Waals surface area contributed by atoms with Crippen LogP contribution in [0.25, 0.3) is 21.7 Å². The SMILES string of the molecule is CCn1nc(C(=O)OCc2cc(=O)oc3cc(C)c(C)cc23)c2ccccc2c1=O. The van der Waals surface area contributed by atoms with E-state index in [2.05, 4.69) is 5.10 Å². The van der Waals surface area contributed by atoms with Gasteiger partial charge in [-0.25, -0.2) is 14.3 Å². The van der Waals surface area contributed by atoms with Crippen LogP contribution >= 0.6 is 0 Å². The Morgan fingerprint density at radius 1 is 1.03 bits per heavy atom. The highest BCUT2D eigenvalue weighted by atomic mass is 16.5. The van der Waals surface area contributed by atoms with Crippen molar-refractivity contribution in [1.29, 1.82) is 0 Å². The van der Waals surface area contributed by atoms with Crippen LogP contribution in [0.4, 0.5) is 0 Å². The number of fused-ring (bicyclic) bond motifs is 2. The van der Waals surface area contributed by atoms with Crippen LogP contribution in [0, 0.1) is 13.8 Å². The number of ether oxygens (including phenoxy) is 1. The predicted octanol–water partition coefficient (Wildman–Crippen LogP) is 3.50. The van der Waals surface area contributed by atoms with E-state index < -0.39 is 11.6 Å². The van der Waals surface area contributed by atoms with Crippen LogP contribution in [0.15, 0.2) is 56.5 Å². The molecule has 0 unspecified atom stereocenters. The highest BCUT2D eigenvalue weighted by Crippen LogP contribution is 2.23. The van der Waals surface area contributed by atoms with Gasteiger partial charge < -0.3 is 9.15 Å². The summed E-state index contributed by atoms with van der Waals surface area (Å²) in [6.45, 7) is 5.87. The number of nitrogens with zero attached hydrogens (tertiary/aromatic N) is 2. The molecule has 0 spiro atoms. The molecular formula is C23H20N2O5. The maximum Gasteiger partial charge on any atom is 0.359 e. The fourth-order valence-electron chi connectivity index (χ4n) is 3.41. The summed E-state index contributed by atoms with van der Waals surface area (Å²) in [5.41, 5.74) is 2.31. The number of hydrogen-bond acceptors (Lipinski definition) is 6. The van der Waals surface area contributed by atoms with E-state index in [1.807, 2.05) is 19.9 Å². The fraction of sp³-hybridized carbons (Fsp3) is 0.217. The Morgan fingerprint density at radius 3 is 2.47 bits per heavy atom. The van der Waals surface area contributed by atoms with Crippen molar-refractivity contribution in [3.05, 3.63) is 85.6 Å². The largest absolute Gasteiger partial charge is 0.456 e. The summed E-state index contributed by atoms with van der Waals surface area (Å²) in [5.74, 6) is -0.668. The molecule has 7 heteroatoms. The van der Waals surface area contributed by atoms with E-state index in [1.54, 1.807) is 37.3 Å². The third kappa shape index (κ3) is 3.39. The van der Waals surface area contributed by atoms with Crippen LogP contribution in [0.1, 0.15) is 34.1 Å². The summed E-state index contributed by atoms with van der Waals surface area (Å²) in [6.07, 6.45) is 0. The summed E-state index contributed by atoms with van der Waals surface area (Å²) in [4.78, 5) is 37.3. The first kappa shape index (κ1) is 19.6. The third-order valence-corrected chi connectivity index (χ3v) is 5.16. The van der Waals surface area contributed by atoms with Gasteiger partial charge in [-0.3, -0.25) is 4.79 Å². The lowest BCUT2D eigenvalue weighted by molar-refractivity contribution is 0.0466. The molecule has 0 bridgehead atoms. The van der Waals surface area contributed by atoms with Crippen molar-refractivity contribution in [3.63, 3.8) is 0 Å². The monoisotopic (exact) mass is 404 g/mol. The molecule has 4 aromatic rings. The van der Waals surface area contributed by atoms with Crippen molar-refractivity contribution in [2.24, 2.45) is 0 Å². The van der Waals surface area contributed by atoms with E-state index in [-0.39, 0.29) is 17.9 Å². The van der Waals surface area contributed by atoms with Crippen LogP contribution in [-0.4, -0.2) is 15.7 Å². The molecule has 7 nitrogen and oxygen atoms in total. The number of hydrogen-bond donors (Lipinski definition) is 0. The lowest BCUT2D eigenvalue weighted by Gasteiger charge is -2.11. The molecule has 2 heterocycles. The van der Waals surface area contributed by atoms with E-state index in [1.165, 1.54) is 10.7 Å². The number of benzene rings is 2. The van der Waals surface area contributed by atoms with Crippen molar-refractivity contribution in [2.75, 3.05) is 0 Å². The number of carbonyl (C=O) groups is 1. The molecule has 0 aliphatic carbocycles. The van der Waals surface area contributed by atoms with Crippen LogP contribution in [0.5, 0.6) is 0 Å². The first-order valence-corrected chi connectivity index (χ1v) is 9.60. The molecule has 2 aromatic heterocycles. The third-order valence-electron chi connectivity index (χ3n) is 5.16. The molecule has 0 N–H and O–H groups in total. The van der Waals surface area contributed by atoms with E-state index in [4.69, 9.17) is 9.15 Å². The van der Waals surface area contributed by atoms with Crippen molar-refractivity contribution in [2.45, 2.75) is 33.9 Å². The van der Waals surface area contributed by atoms with Crippen LogP contribution in [0.2, 0.25) is 0 Å². The van der Waals surface area contributed by atoms with E-state index >= 15 is 0 Å². The predicted molar refractivity (Wildman–Crippen MR) is 113 cm³/mol. The van der Waals surface area contributed by atoms with Gasteiger partial charge in [-0.05, 0) is 50.1 Å². The zero-order valence-corrected chi connectivity index (χ0v) is 16.9. The second-order valence-electron chi connectivity index (χ2n) is 7.11. The van der Waals surface area contributed by atoms with Crippen molar-refractivity contribution in [1.82, 2.24) is 9.78 Å². The molecule has 0 saturated heterocycles. The zero-order valence-electron chi connectivity index (χ0n) is 16.9. The van der Waals surface area contributed by atoms with Gasteiger partial charge >= 0.3 is 11.6 Å². The smallest absolute Gasteiger partial charge is 0.359 e. The molecule has 0 saturated carbocycles. The minimum atomic E-state index is -0.668. The maximum absolute atomic E-state index is 12.9. The average molecular weight is 404 g/mol. The van der Waals surface area contributed by atoms with Crippen LogP contribution in [-0.2, 0) is 17.9 Å². The van der Waals surface area contributed by atoms with Gasteiger partial charge in [-0.1, -0.05) is 18.2 Å². The molecule has 0 aliphatic rings. The molecule has 30 heavy (non-hydrogen) atoms. The highest BCUT2D eigenvalue weighted by Gasteiger charge is 2.18. The van der Waals surface area contributed by atoms with Crippen molar-refractivity contribution >= 4 is 27.7 Å². The van der Waals surface area contributed by atoms with Crippen LogP contribution in [0.3, 0.4) is 0 Å². The number of carbonyl (C=O) groups excluding carboxylic acids is 1. The summed E-state index contributed by atoms with van der Waals surface area (Å²) < 4.78 is 12.0. The first-order valence-electron chi connectivity index (χ1n) is 9.60. The Bertz CT molecular complexity index is 1420. The van der Waals surface area contributed by atoms with Crippen molar-refractivity contribution in [3.8, 4) is 0 Å². The fourth-order valence-corrected chi connectivity index (χ4v) is 3.41. The summed E-state index contributed by atoms with van der Waals surface area (Å²) in [6, 6.07) is 11.8. The van der Waals surface area contributed by atoms with Gasteiger partial charge in [0.1, 0.15) is 12.2 Å². The molecule has 0 aliphatic heterocycles. The first-order chi connectivity index (χ1) is 14.4. The summed E-state index contributed by atoms with van der Waals surface area (Å²) in [5, 5.41) is 5.73. The molecule has 152 valence electrons. The van der Waals surface area contributed by atoms with Gasteiger partial charge in [0.05, 0.1) is 5.39 Å². The minimum Gasteiger partial charge on any atom is -0.456 e. The van der Waals surface area contributed by atoms with Gasteiger partial charge in [0, 0.05) is 28.9 Å². The van der Waals surface area contributed by atoms with Crippen molar-refractivity contribution < 1.29 is 13.9 Å². The Morgan fingerprint density at radius 2 is 1.73 bits per heavy atom. The highest BCUT2D eigenvalue weighted by molar-refractivity contribution is 6.02. The number of aryl methyl sites for hydroxylation is 3. The van der Waals surface area contributed by atoms with Gasteiger partial charge in [-0.2, -0.15) is 5.10 Å². The average Bonchev–Trinajstić information content (AvgIpc) is 2.73. The Balaban J connectivity index is 1.73. The molecule has 0 fully saturated rings. The Kier molecular flexibility index (Phi) is 4.95. The quantitative estimate of drug-likeness (QED) is 0.382. The molecule has 0 atom stereocenters. The molecular weight excluding hydrogens is 384 g/mol. The van der Waals surface area contributed by atoms with Gasteiger partial charge in [-0.15, -0.1) is 0 Å². The lowest BCUT2D eigenvalue weighted by Crippen LogP contribution is -2.25. The zero-order chi connectivity index (χ0) is 21.4. The Labute approximate surface area is 171 Å². The van der Waals surface area contributed by atoms with Crippen LogP contribution < -0.4 is 11.2 Å². The van der Waals surface area contributed by atoms with Gasteiger partial charge in [0.15, 0.2) is 5.69 Å². The summed E-state index contributed by atoms with van der Waals surface area (Å²) >= 11 is 0. The van der Waals surface area contributed by atoms with Gasteiger partial charge in [0.2, 0.25) is 0 Å². The van der Waals surface area contributed by atoms with E-state index in [9.17, 15) is 14.4 Å². The second-order valence-corrected chi connectivity index (χ2v) is 7.11. The number of aromatic nitrogens is 2. The molecule has 4 rings (SSSR count).